The number of carbonyl (C=O) groups excluding carboxylic acids is 3. The first-order valence-corrected chi connectivity index (χ1v) is 13.1. The van der Waals surface area contributed by atoms with Crippen LogP contribution in [0.15, 0.2) is 42.5 Å². The standard InChI is InChI=1S/C28H40N2O6/c1-35-19-23-26(21-12-7-5-8-13-21)36-25(33)15-9-4-2-3-6-14-22(27(34)29-23)18-24(32)30-28(20-31)16-10-11-17-28/h3,5-8,12-13,22-23,26,31H,2,4,9-11,14-20H2,1H3,(H,29,34)(H,30,32)/t22-,23+,26+/m1/s1. The monoisotopic (exact) mass is 500 g/mol. The SMILES string of the molecule is COC[C@@H]1NC(=O)[C@@H](CC(=O)NC2(CO)CCCC2)CC=CCCCCC(=O)O[C@H]1c1ccccc1. The second kappa shape index (κ2) is 14.1. The minimum absolute atomic E-state index is 0.00736. The van der Waals surface area contributed by atoms with E-state index in [-0.39, 0.29) is 37.4 Å². The van der Waals surface area contributed by atoms with Crippen LogP contribution < -0.4 is 10.6 Å². The van der Waals surface area contributed by atoms with Crippen molar-refractivity contribution in [3.8, 4) is 0 Å². The van der Waals surface area contributed by atoms with Crippen molar-refractivity contribution in [2.24, 2.45) is 5.92 Å². The van der Waals surface area contributed by atoms with Crippen LogP contribution in [0.1, 0.15) is 75.9 Å². The third-order valence-corrected chi connectivity index (χ3v) is 7.09. The van der Waals surface area contributed by atoms with Crippen LogP contribution in [0.5, 0.6) is 0 Å². The average Bonchev–Trinajstić information content (AvgIpc) is 3.34. The van der Waals surface area contributed by atoms with Crippen molar-refractivity contribution in [3.63, 3.8) is 0 Å². The fourth-order valence-corrected chi connectivity index (χ4v) is 5.05. The number of benzene rings is 1. The smallest absolute Gasteiger partial charge is 0.306 e. The quantitative estimate of drug-likeness (QED) is 0.391. The minimum atomic E-state index is -0.716. The van der Waals surface area contributed by atoms with Crippen LogP contribution in [-0.4, -0.2) is 54.8 Å². The molecule has 1 saturated carbocycles. The second-order valence-electron chi connectivity index (χ2n) is 9.94. The van der Waals surface area contributed by atoms with Crippen molar-refractivity contribution < 1.29 is 29.0 Å². The number of methoxy groups -OCH3 is 1. The van der Waals surface area contributed by atoms with Crippen molar-refractivity contribution in [3.05, 3.63) is 48.0 Å². The first-order chi connectivity index (χ1) is 17.5. The lowest BCUT2D eigenvalue weighted by Gasteiger charge is -2.30. The Morgan fingerprint density at radius 2 is 1.89 bits per heavy atom. The molecule has 0 saturated heterocycles. The van der Waals surface area contributed by atoms with E-state index in [0.29, 0.717) is 19.3 Å². The molecule has 0 bridgehead atoms. The maximum absolute atomic E-state index is 13.5. The van der Waals surface area contributed by atoms with Crippen LogP contribution in [0.4, 0.5) is 0 Å². The molecule has 198 valence electrons. The number of carbonyl (C=O) groups is 3. The predicted molar refractivity (Wildman–Crippen MR) is 136 cm³/mol. The molecule has 2 aliphatic rings. The van der Waals surface area contributed by atoms with Gasteiger partial charge in [-0.2, -0.15) is 0 Å². The van der Waals surface area contributed by atoms with Gasteiger partial charge in [0.05, 0.1) is 30.7 Å². The molecule has 2 amide bonds. The molecule has 0 unspecified atom stereocenters. The summed E-state index contributed by atoms with van der Waals surface area (Å²) in [4.78, 5) is 39.1. The van der Waals surface area contributed by atoms with Crippen molar-refractivity contribution in [2.45, 2.75) is 81.9 Å². The van der Waals surface area contributed by atoms with E-state index in [1.54, 1.807) is 0 Å². The summed E-state index contributed by atoms with van der Waals surface area (Å²) in [7, 11) is 1.53. The lowest BCUT2D eigenvalue weighted by atomic mass is 9.94. The van der Waals surface area contributed by atoms with E-state index in [4.69, 9.17) is 9.47 Å². The summed E-state index contributed by atoms with van der Waals surface area (Å²) in [5.74, 6) is -1.46. The summed E-state index contributed by atoms with van der Waals surface area (Å²) in [5, 5.41) is 15.9. The van der Waals surface area contributed by atoms with Gasteiger partial charge in [0.1, 0.15) is 6.10 Å². The van der Waals surface area contributed by atoms with Gasteiger partial charge in [-0.05, 0) is 44.1 Å². The Morgan fingerprint density at radius 3 is 2.58 bits per heavy atom. The zero-order valence-electron chi connectivity index (χ0n) is 21.2. The maximum Gasteiger partial charge on any atom is 0.306 e. The van der Waals surface area contributed by atoms with Gasteiger partial charge in [0, 0.05) is 20.0 Å². The van der Waals surface area contributed by atoms with Crippen LogP contribution in [0.3, 0.4) is 0 Å². The van der Waals surface area contributed by atoms with E-state index in [9.17, 15) is 19.5 Å². The van der Waals surface area contributed by atoms with Crippen molar-refractivity contribution >= 4 is 17.8 Å². The van der Waals surface area contributed by atoms with Crippen molar-refractivity contribution in [1.29, 1.82) is 0 Å². The molecule has 1 fully saturated rings. The van der Waals surface area contributed by atoms with E-state index in [1.165, 1.54) is 7.11 Å². The summed E-state index contributed by atoms with van der Waals surface area (Å²) >= 11 is 0. The lowest BCUT2D eigenvalue weighted by molar-refractivity contribution is -0.153. The van der Waals surface area contributed by atoms with Gasteiger partial charge in [-0.15, -0.1) is 0 Å². The molecule has 1 aliphatic heterocycles. The highest BCUT2D eigenvalue weighted by Crippen LogP contribution is 2.30. The highest BCUT2D eigenvalue weighted by molar-refractivity contribution is 5.86. The predicted octanol–water partition coefficient (Wildman–Crippen LogP) is 3.35. The lowest BCUT2D eigenvalue weighted by Crippen LogP contribution is -2.51. The van der Waals surface area contributed by atoms with Crippen LogP contribution in [0.2, 0.25) is 0 Å². The number of cyclic esters (lactones) is 1. The normalized spacial score (nSPS) is 25.4. The molecule has 36 heavy (non-hydrogen) atoms. The van der Waals surface area contributed by atoms with E-state index < -0.39 is 23.6 Å². The third kappa shape index (κ3) is 8.17. The van der Waals surface area contributed by atoms with Gasteiger partial charge < -0.3 is 25.2 Å². The van der Waals surface area contributed by atoms with Gasteiger partial charge in [0.25, 0.3) is 0 Å². The van der Waals surface area contributed by atoms with Gasteiger partial charge in [0.2, 0.25) is 11.8 Å². The molecule has 3 rings (SSSR count). The Morgan fingerprint density at radius 1 is 1.14 bits per heavy atom. The van der Waals surface area contributed by atoms with Gasteiger partial charge in [0.15, 0.2) is 0 Å². The maximum atomic E-state index is 13.5. The van der Waals surface area contributed by atoms with E-state index in [2.05, 4.69) is 10.6 Å². The number of hydrogen-bond acceptors (Lipinski definition) is 6. The molecule has 1 heterocycles. The van der Waals surface area contributed by atoms with Gasteiger partial charge in [-0.3, -0.25) is 14.4 Å². The Balaban J connectivity index is 1.81. The number of ether oxygens (including phenoxy) is 2. The zero-order valence-corrected chi connectivity index (χ0v) is 21.2. The van der Waals surface area contributed by atoms with Crippen LogP contribution in [0.25, 0.3) is 0 Å². The number of rotatable bonds is 7. The van der Waals surface area contributed by atoms with Crippen LogP contribution >= 0.6 is 0 Å². The average molecular weight is 501 g/mol. The zero-order chi connectivity index (χ0) is 25.8. The van der Waals surface area contributed by atoms with Gasteiger partial charge in [-0.25, -0.2) is 0 Å². The number of aliphatic hydroxyl groups excluding tert-OH is 1. The number of allylic oxidation sites excluding steroid dienone is 2. The van der Waals surface area contributed by atoms with Gasteiger partial charge in [-0.1, -0.05) is 55.3 Å². The Kier molecular flexibility index (Phi) is 10.9. The van der Waals surface area contributed by atoms with E-state index in [1.807, 2.05) is 42.5 Å². The molecule has 0 radical (unpaired) electrons. The summed E-state index contributed by atoms with van der Waals surface area (Å²) in [6.07, 6.45) is 9.70. The third-order valence-electron chi connectivity index (χ3n) is 7.09. The number of esters is 1. The Bertz CT molecular complexity index is 881. The molecule has 8 heteroatoms. The molecule has 3 atom stereocenters. The first-order valence-electron chi connectivity index (χ1n) is 13.1. The second-order valence-corrected chi connectivity index (χ2v) is 9.94. The topological polar surface area (TPSA) is 114 Å². The highest BCUT2D eigenvalue weighted by Gasteiger charge is 2.36. The fourth-order valence-electron chi connectivity index (χ4n) is 5.05. The molecule has 1 aromatic carbocycles. The number of amides is 2. The molecule has 0 aromatic heterocycles. The summed E-state index contributed by atoms with van der Waals surface area (Å²) in [5.41, 5.74) is 0.177. The molecule has 1 aliphatic carbocycles. The molecule has 8 nitrogen and oxygen atoms in total. The fraction of sp³-hybridized carbons (Fsp3) is 0.607. The number of hydrogen-bond donors (Lipinski definition) is 3. The summed E-state index contributed by atoms with van der Waals surface area (Å²) in [6, 6.07) is 8.70. The minimum Gasteiger partial charge on any atom is -0.455 e. The molecular weight excluding hydrogens is 460 g/mol. The van der Waals surface area contributed by atoms with Crippen molar-refractivity contribution in [1.82, 2.24) is 10.6 Å². The van der Waals surface area contributed by atoms with Gasteiger partial charge >= 0.3 is 5.97 Å². The Hall–Kier alpha value is -2.71. The molecule has 1 aromatic rings. The van der Waals surface area contributed by atoms with E-state index >= 15 is 0 Å². The van der Waals surface area contributed by atoms with Crippen LogP contribution in [0, 0.1) is 5.92 Å². The number of nitrogens with one attached hydrogen (secondary N) is 2. The summed E-state index contributed by atoms with van der Waals surface area (Å²) < 4.78 is 11.3. The number of aliphatic hydroxyl groups is 1. The molecule has 0 spiro atoms. The van der Waals surface area contributed by atoms with Crippen LogP contribution in [-0.2, 0) is 23.9 Å². The molecular formula is C28H40N2O6. The largest absolute Gasteiger partial charge is 0.455 e. The Labute approximate surface area is 213 Å². The molecule has 3 N–H and O–H groups in total. The van der Waals surface area contributed by atoms with Crippen molar-refractivity contribution in [2.75, 3.05) is 20.3 Å². The summed E-state index contributed by atoms with van der Waals surface area (Å²) in [6.45, 7) is 0.0382. The highest BCUT2D eigenvalue weighted by atomic mass is 16.5. The first kappa shape index (κ1) is 27.9. The van der Waals surface area contributed by atoms with E-state index in [0.717, 1.165) is 44.1 Å².